The van der Waals surface area contributed by atoms with E-state index in [0.717, 1.165) is 21.6 Å². The van der Waals surface area contributed by atoms with Crippen molar-refractivity contribution >= 4 is 44.1 Å². The van der Waals surface area contributed by atoms with Crippen molar-refractivity contribution in [3.8, 4) is 17.2 Å². The summed E-state index contributed by atoms with van der Waals surface area (Å²) >= 11 is 1.29. The normalized spacial score (nSPS) is 18.7. The van der Waals surface area contributed by atoms with Gasteiger partial charge in [-0.05, 0) is 79.1 Å². The van der Waals surface area contributed by atoms with E-state index in [2.05, 4.69) is 0 Å². The molecule has 1 aromatic heterocycles. The second-order valence-corrected chi connectivity index (χ2v) is 12.0. The average Bonchev–Trinajstić information content (AvgIpc) is 3.72. The van der Waals surface area contributed by atoms with E-state index in [1.54, 1.807) is 24.3 Å². The van der Waals surface area contributed by atoms with Crippen molar-refractivity contribution in [2.45, 2.75) is 39.0 Å². The van der Waals surface area contributed by atoms with E-state index in [1.165, 1.54) is 16.2 Å². The first-order valence-electron chi connectivity index (χ1n) is 14.8. The number of Topliss-reactive ketones (excluding diaryl/α,β-unsaturated/α-hetero) is 1. The minimum absolute atomic E-state index is 0.000806. The van der Waals surface area contributed by atoms with E-state index in [4.69, 9.17) is 19.2 Å². The molecule has 0 spiro atoms. The number of aliphatic hydroxyl groups is 1. The van der Waals surface area contributed by atoms with Gasteiger partial charge in [0.2, 0.25) is 0 Å². The molecule has 5 aromatic rings. The Labute approximate surface area is 264 Å². The molecule has 1 fully saturated rings. The maximum atomic E-state index is 13.8. The van der Waals surface area contributed by atoms with Crippen LogP contribution in [0.5, 0.6) is 17.2 Å². The van der Waals surface area contributed by atoms with Crippen LogP contribution >= 0.6 is 11.3 Å². The number of carbonyl (C=O) groups excluding carboxylic acids is 2. The van der Waals surface area contributed by atoms with Crippen LogP contribution in [0.15, 0.2) is 96.6 Å². The lowest BCUT2D eigenvalue weighted by Crippen LogP contribution is -2.29. The van der Waals surface area contributed by atoms with Gasteiger partial charge >= 0.3 is 5.91 Å². The molecule has 2 aliphatic heterocycles. The summed E-state index contributed by atoms with van der Waals surface area (Å²) in [7, 11) is 0. The third kappa shape index (κ3) is 5.40. The quantitative estimate of drug-likeness (QED) is 0.111. The van der Waals surface area contributed by atoms with E-state index in [0.29, 0.717) is 52.9 Å². The Morgan fingerprint density at radius 1 is 0.978 bits per heavy atom. The van der Waals surface area contributed by atoms with E-state index in [1.807, 2.05) is 80.6 Å². The van der Waals surface area contributed by atoms with Crippen LogP contribution in [0, 0.1) is 0 Å². The fourth-order valence-corrected chi connectivity index (χ4v) is 6.83. The van der Waals surface area contributed by atoms with Crippen molar-refractivity contribution in [2.24, 2.45) is 0 Å². The second kappa shape index (κ2) is 11.7. The first-order valence-corrected chi connectivity index (χ1v) is 15.6. The van der Waals surface area contributed by atoms with Crippen LogP contribution in [0.2, 0.25) is 0 Å². The molecule has 45 heavy (non-hydrogen) atoms. The fraction of sp³-hybridized carbons (Fsp3) is 0.194. The Morgan fingerprint density at radius 2 is 1.76 bits per heavy atom. The molecule has 2 aliphatic rings. The number of aromatic nitrogens is 1. The molecule has 2 atom stereocenters. The summed E-state index contributed by atoms with van der Waals surface area (Å²) in [5.74, 6) is 0.306. The molecule has 0 saturated carbocycles. The van der Waals surface area contributed by atoms with Gasteiger partial charge in [0, 0.05) is 12.0 Å². The summed E-state index contributed by atoms with van der Waals surface area (Å²) in [6.45, 7) is 4.81. The van der Waals surface area contributed by atoms with E-state index in [9.17, 15) is 14.7 Å². The van der Waals surface area contributed by atoms with Crippen molar-refractivity contribution in [3.63, 3.8) is 0 Å². The highest BCUT2D eigenvalue weighted by molar-refractivity contribution is 7.22. The number of ketones is 1. The smallest absolute Gasteiger partial charge is 0.301 e. The number of ether oxygens (including phenoxy) is 3. The lowest BCUT2D eigenvalue weighted by Gasteiger charge is -2.23. The topological polar surface area (TPSA) is 98.2 Å². The minimum Gasteiger partial charge on any atom is -0.507 e. The van der Waals surface area contributed by atoms with Gasteiger partial charge < -0.3 is 19.3 Å². The lowest BCUT2D eigenvalue weighted by molar-refractivity contribution is -0.132. The molecule has 1 N–H and O–H groups in total. The number of hydrogen-bond acceptors (Lipinski definition) is 8. The average molecular weight is 619 g/mol. The van der Waals surface area contributed by atoms with Crippen LogP contribution in [0.4, 0.5) is 5.13 Å². The Hall–Kier alpha value is -5.15. The van der Waals surface area contributed by atoms with Crippen molar-refractivity contribution in [1.29, 1.82) is 0 Å². The highest BCUT2D eigenvalue weighted by Crippen LogP contribution is 2.45. The van der Waals surface area contributed by atoms with Crippen LogP contribution in [-0.4, -0.2) is 34.5 Å². The van der Waals surface area contributed by atoms with Gasteiger partial charge in [-0.15, -0.1) is 0 Å². The minimum atomic E-state index is -0.913. The third-order valence-corrected chi connectivity index (χ3v) is 8.94. The number of benzene rings is 4. The predicted octanol–water partition coefficient (Wildman–Crippen LogP) is 7.22. The van der Waals surface area contributed by atoms with E-state index in [-0.39, 0.29) is 17.4 Å². The molecule has 1 amide bonds. The SMILES string of the molecule is CCOc1ccc2nc(N3C(=O)C(=O)C(=C(O)c4ccc5c(c4)CC(C)O5)C3c3ccc(OCc4ccccc4)cc3)sc2c1. The molecular formula is C36H30N2O6S. The molecule has 0 radical (unpaired) electrons. The summed E-state index contributed by atoms with van der Waals surface area (Å²) in [5, 5.41) is 12.0. The monoisotopic (exact) mass is 618 g/mol. The number of anilines is 1. The zero-order valence-corrected chi connectivity index (χ0v) is 25.5. The van der Waals surface area contributed by atoms with Crippen molar-refractivity contribution in [1.82, 2.24) is 4.98 Å². The number of aliphatic hydroxyl groups excluding tert-OH is 1. The van der Waals surface area contributed by atoms with Gasteiger partial charge in [0.1, 0.15) is 35.7 Å². The number of hydrogen-bond donors (Lipinski definition) is 1. The van der Waals surface area contributed by atoms with Gasteiger partial charge in [-0.2, -0.15) is 0 Å². The zero-order valence-electron chi connectivity index (χ0n) is 24.7. The molecule has 3 heterocycles. The van der Waals surface area contributed by atoms with E-state index < -0.39 is 17.7 Å². The summed E-state index contributed by atoms with van der Waals surface area (Å²) in [6.07, 6.45) is 0.710. The van der Waals surface area contributed by atoms with Crippen LogP contribution in [0.1, 0.15) is 42.1 Å². The first-order chi connectivity index (χ1) is 21.9. The highest BCUT2D eigenvalue weighted by atomic mass is 32.1. The predicted molar refractivity (Wildman–Crippen MR) is 173 cm³/mol. The number of carbonyl (C=O) groups is 2. The second-order valence-electron chi connectivity index (χ2n) is 11.0. The maximum Gasteiger partial charge on any atom is 0.301 e. The van der Waals surface area contributed by atoms with Crippen molar-refractivity contribution < 1.29 is 28.9 Å². The molecule has 9 heteroatoms. The highest BCUT2D eigenvalue weighted by Gasteiger charge is 2.48. The Bertz CT molecular complexity index is 1950. The van der Waals surface area contributed by atoms with Gasteiger partial charge in [-0.1, -0.05) is 53.8 Å². The number of fused-ring (bicyclic) bond motifs is 2. The molecule has 1 saturated heterocycles. The van der Waals surface area contributed by atoms with Gasteiger partial charge in [-0.25, -0.2) is 4.98 Å². The molecule has 8 nitrogen and oxygen atoms in total. The standard InChI is InChI=1S/C36H30N2O6S/c1-3-42-27-14-15-28-30(19-27)45-36(37-28)38-32(23-9-12-26(13-10-23)43-20-22-7-5-4-6-8-22)31(34(40)35(38)41)33(39)24-11-16-29-25(18-24)17-21(2)44-29/h4-16,18-19,21,32,39H,3,17,20H2,1-2H3. The molecule has 4 aromatic carbocycles. The number of rotatable bonds is 8. The Kier molecular flexibility index (Phi) is 7.47. The number of nitrogens with zero attached hydrogens (tertiary/aromatic N) is 2. The number of amides is 1. The van der Waals surface area contributed by atoms with Crippen LogP contribution in [-0.2, 0) is 22.6 Å². The van der Waals surface area contributed by atoms with Gasteiger partial charge in [0.15, 0.2) is 5.13 Å². The largest absolute Gasteiger partial charge is 0.507 e. The van der Waals surface area contributed by atoms with Crippen LogP contribution in [0.25, 0.3) is 16.0 Å². The van der Waals surface area contributed by atoms with Crippen LogP contribution < -0.4 is 19.1 Å². The molecule has 2 unspecified atom stereocenters. The van der Waals surface area contributed by atoms with E-state index >= 15 is 0 Å². The maximum absolute atomic E-state index is 13.8. The molecule has 7 rings (SSSR count). The summed E-state index contributed by atoms with van der Waals surface area (Å²) in [4.78, 5) is 33.6. The Morgan fingerprint density at radius 3 is 2.53 bits per heavy atom. The Balaban J connectivity index is 1.30. The molecular weight excluding hydrogens is 588 g/mol. The zero-order chi connectivity index (χ0) is 31.1. The third-order valence-electron chi connectivity index (χ3n) is 7.92. The first kappa shape index (κ1) is 28.6. The molecule has 0 aliphatic carbocycles. The van der Waals surface area contributed by atoms with Gasteiger partial charge in [0.25, 0.3) is 5.78 Å². The summed E-state index contributed by atoms with van der Waals surface area (Å²) in [5.41, 5.74) is 3.73. The lowest BCUT2D eigenvalue weighted by atomic mass is 9.94. The van der Waals surface area contributed by atoms with Crippen molar-refractivity contribution in [3.05, 3.63) is 119 Å². The summed E-state index contributed by atoms with van der Waals surface area (Å²) in [6, 6.07) is 27.0. The van der Waals surface area contributed by atoms with Gasteiger partial charge in [0.05, 0.1) is 28.4 Å². The van der Waals surface area contributed by atoms with Gasteiger partial charge in [-0.3, -0.25) is 14.5 Å². The number of thiazole rings is 1. The van der Waals surface area contributed by atoms with Crippen LogP contribution in [0.3, 0.4) is 0 Å². The molecule has 226 valence electrons. The molecule has 0 bridgehead atoms. The summed E-state index contributed by atoms with van der Waals surface area (Å²) < 4.78 is 18.3. The fourth-order valence-electron chi connectivity index (χ4n) is 5.81. The van der Waals surface area contributed by atoms with Crippen molar-refractivity contribution in [2.75, 3.05) is 11.5 Å².